The van der Waals surface area contributed by atoms with Crippen LogP contribution >= 0.6 is 15.9 Å². The molecule has 46 heavy (non-hydrogen) atoms. The predicted octanol–water partition coefficient (Wildman–Crippen LogP) is 10.1. The van der Waals surface area contributed by atoms with E-state index in [1.807, 2.05) is 18.6 Å². The Morgan fingerprint density at radius 1 is 0.696 bits per heavy atom. The molecule has 1 aliphatic heterocycles. The van der Waals surface area contributed by atoms with Crippen LogP contribution in [0, 0.1) is 41.5 Å². The Kier molecular flexibility index (Phi) is 9.72. The van der Waals surface area contributed by atoms with Crippen LogP contribution in [0.3, 0.4) is 0 Å². The van der Waals surface area contributed by atoms with E-state index in [9.17, 15) is 0 Å². The number of likely N-dealkylation sites (tertiary alicyclic amines) is 1. The lowest BCUT2D eigenvalue weighted by atomic mass is 9.96. The lowest BCUT2D eigenvalue weighted by molar-refractivity contribution is 0.201. The molecule has 5 aromatic rings. The van der Waals surface area contributed by atoms with Gasteiger partial charge in [0.25, 0.3) is 0 Å². The van der Waals surface area contributed by atoms with E-state index in [0.717, 1.165) is 49.2 Å². The van der Waals surface area contributed by atoms with Crippen molar-refractivity contribution < 1.29 is 0 Å². The van der Waals surface area contributed by atoms with Gasteiger partial charge in [0.1, 0.15) is 0 Å². The number of rotatable bonds is 8. The number of benzene rings is 3. The summed E-state index contributed by atoms with van der Waals surface area (Å²) < 4.78 is 1.10. The second kappa shape index (κ2) is 13.9. The molecule has 0 N–H and O–H groups in total. The number of nitrogens with zero attached hydrogens (tertiary/aromatic N) is 4. The van der Waals surface area contributed by atoms with Crippen LogP contribution in [0.4, 0.5) is 5.69 Å². The summed E-state index contributed by atoms with van der Waals surface area (Å²) in [5.74, 6) is 0. The summed E-state index contributed by atoms with van der Waals surface area (Å²) in [5, 5.41) is 0. The van der Waals surface area contributed by atoms with E-state index in [0.29, 0.717) is 6.04 Å². The third-order valence-electron chi connectivity index (χ3n) is 10.0. The largest absolute Gasteiger partial charge is 0.364 e. The summed E-state index contributed by atoms with van der Waals surface area (Å²) in [4.78, 5) is 14.6. The number of halogens is 1. The van der Waals surface area contributed by atoms with Gasteiger partial charge in [-0.05, 0) is 159 Å². The van der Waals surface area contributed by atoms with Gasteiger partial charge in [0, 0.05) is 72.1 Å². The highest BCUT2D eigenvalue weighted by Crippen LogP contribution is 2.31. The van der Waals surface area contributed by atoms with Crippen LogP contribution in [-0.4, -0.2) is 34.0 Å². The maximum absolute atomic E-state index is 4.73. The molecule has 6 rings (SSSR count). The summed E-state index contributed by atoms with van der Waals surface area (Å²) in [6.45, 7) is 17.1. The molecular weight excluding hydrogens is 628 g/mol. The average Bonchev–Trinajstić information content (AvgIpc) is 3.06. The standard InChI is InChI=1S/C41H45BrN4/c1-27-17-35(18-28(2)31(27)5)37-21-34(23-43-24-37)26-46(39-9-7-38(42)8-10-39)40-12-15-45(16-13-40)25-33-11-14-44-41(22-33)36-19-29(3)32(6)30(4)20-36/h7-11,14,17-24,40H,12-13,15-16,25-26H2,1-6H3. The summed E-state index contributed by atoms with van der Waals surface area (Å²) in [5.41, 5.74) is 16.5. The first-order valence-electron chi connectivity index (χ1n) is 16.4. The normalized spacial score (nSPS) is 14.1. The van der Waals surface area contributed by atoms with Crippen LogP contribution < -0.4 is 4.90 Å². The van der Waals surface area contributed by atoms with Crippen molar-refractivity contribution in [1.29, 1.82) is 0 Å². The van der Waals surface area contributed by atoms with Crippen LogP contribution in [0.2, 0.25) is 0 Å². The van der Waals surface area contributed by atoms with Crippen molar-refractivity contribution in [3.63, 3.8) is 0 Å². The van der Waals surface area contributed by atoms with E-state index >= 15 is 0 Å². The Morgan fingerprint density at radius 2 is 1.30 bits per heavy atom. The maximum atomic E-state index is 4.73. The summed E-state index contributed by atoms with van der Waals surface area (Å²) in [7, 11) is 0. The van der Waals surface area contributed by atoms with E-state index in [-0.39, 0.29) is 0 Å². The molecule has 0 spiro atoms. The zero-order valence-corrected chi connectivity index (χ0v) is 29.7. The lowest BCUT2D eigenvalue weighted by Crippen LogP contribution is -2.44. The Morgan fingerprint density at radius 3 is 1.93 bits per heavy atom. The second-order valence-corrected chi connectivity index (χ2v) is 14.1. The molecule has 0 saturated carbocycles. The first-order valence-corrected chi connectivity index (χ1v) is 17.2. The average molecular weight is 674 g/mol. The van der Waals surface area contributed by atoms with Crippen molar-refractivity contribution in [2.45, 2.75) is 73.5 Å². The monoisotopic (exact) mass is 672 g/mol. The third kappa shape index (κ3) is 7.27. The van der Waals surface area contributed by atoms with Gasteiger partial charge in [0.15, 0.2) is 0 Å². The fourth-order valence-corrected chi connectivity index (χ4v) is 7.02. The highest BCUT2D eigenvalue weighted by Gasteiger charge is 2.26. The molecule has 0 unspecified atom stereocenters. The fourth-order valence-electron chi connectivity index (χ4n) is 6.76. The fraction of sp³-hybridized carbons (Fsp3) is 0.317. The quantitative estimate of drug-likeness (QED) is 0.164. The molecule has 0 bridgehead atoms. The third-order valence-corrected chi connectivity index (χ3v) is 10.5. The van der Waals surface area contributed by atoms with E-state index in [1.54, 1.807) is 0 Å². The first kappa shape index (κ1) is 32.2. The van der Waals surface area contributed by atoms with Gasteiger partial charge in [0.2, 0.25) is 0 Å². The van der Waals surface area contributed by atoms with E-state index in [1.165, 1.54) is 66.9 Å². The highest BCUT2D eigenvalue weighted by molar-refractivity contribution is 9.10. The zero-order valence-electron chi connectivity index (χ0n) is 28.1. The maximum Gasteiger partial charge on any atom is 0.0705 e. The molecular formula is C41H45BrN4. The lowest BCUT2D eigenvalue weighted by Gasteiger charge is -2.40. The molecule has 4 nitrogen and oxygen atoms in total. The predicted molar refractivity (Wildman–Crippen MR) is 196 cm³/mol. The number of pyridine rings is 2. The van der Waals surface area contributed by atoms with Gasteiger partial charge >= 0.3 is 0 Å². The smallest absolute Gasteiger partial charge is 0.0705 e. The minimum Gasteiger partial charge on any atom is -0.364 e. The van der Waals surface area contributed by atoms with Crippen molar-refractivity contribution >= 4 is 21.6 Å². The van der Waals surface area contributed by atoms with Crippen molar-refractivity contribution in [2.24, 2.45) is 0 Å². The molecule has 1 aliphatic rings. The van der Waals surface area contributed by atoms with Crippen LogP contribution in [-0.2, 0) is 13.1 Å². The number of piperidine rings is 1. The molecule has 0 aliphatic carbocycles. The summed E-state index contributed by atoms with van der Waals surface area (Å²) >= 11 is 3.64. The van der Waals surface area contributed by atoms with E-state index in [4.69, 9.17) is 9.97 Å². The number of hydrogen-bond donors (Lipinski definition) is 0. The highest BCUT2D eigenvalue weighted by atomic mass is 79.9. The zero-order chi connectivity index (χ0) is 32.4. The van der Waals surface area contributed by atoms with Gasteiger partial charge in [-0.3, -0.25) is 14.9 Å². The number of anilines is 1. The minimum atomic E-state index is 0.455. The van der Waals surface area contributed by atoms with Gasteiger partial charge in [-0.1, -0.05) is 28.1 Å². The van der Waals surface area contributed by atoms with Gasteiger partial charge in [-0.2, -0.15) is 0 Å². The number of aromatic nitrogens is 2. The van der Waals surface area contributed by atoms with Gasteiger partial charge in [-0.25, -0.2) is 0 Å². The van der Waals surface area contributed by atoms with Crippen molar-refractivity contribution in [3.8, 4) is 22.4 Å². The molecule has 3 aromatic carbocycles. The molecule has 2 aromatic heterocycles. The first-order chi connectivity index (χ1) is 22.1. The molecule has 1 saturated heterocycles. The Balaban J connectivity index is 1.17. The molecule has 0 atom stereocenters. The molecule has 1 fully saturated rings. The Bertz CT molecular complexity index is 1790. The van der Waals surface area contributed by atoms with Crippen LogP contribution in [0.25, 0.3) is 22.4 Å². The molecule has 3 heterocycles. The van der Waals surface area contributed by atoms with Crippen molar-refractivity contribution in [3.05, 3.63) is 134 Å². The summed E-state index contributed by atoms with van der Waals surface area (Å²) in [6.07, 6.45) is 8.25. The topological polar surface area (TPSA) is 32.3 Å². The van der Waals surface area contributed by atoms with Crippen LogP contribution in [0.5, 0.6) is 0 Å². The number of hydrogen-bond acceptors (Lipinski definition) is 4. The Hall–Kier alpha value is -3.80. The number of aryl methyl sites for hydroxylation is 4. The van der Waals surface area contributed by atoms with E-state index < -0.39 is 0 Å². The van der Waals surface area contributed by atoms with Crippen LogP contribution in [0.15, 0.2) is 89.8 Å². The molecule has 0 radical (unpaired) electrons. The van der Waals surface area contributed by atoms with Crippen molar-refractivity contribution in [2.75, 3.05) is 18.0 Å². The molecule has 0 amide bonds. The van der Waals surface area contributed by atoms with Crippen LogP contribution in [0.1, 0.15) is 57.3 Å². The SMILES string of the molecule is Cc1cc(-c2cncc(CN(c3ccc(Br)cc3)C3CCN(Cc4ccnc(-c5cc(C)c(C)c(C)c5)c4)CC3)c2)cc(C)c1C. The second-order valence-electron chi connectivity index (χ2n) is 13.2. The molecule has 236 valence electrons. The van der Waals surface area contributed by atoms with Gasteiger partial charge in [0.05, 0.1) is 5.69 Å². The van der Waals surface area contributed by atoms with Gasteiger partial charge in [-0.15, -0.1) is 0 Å². The minimum absolute atomic E-state index is 0.455. The van der Waals surface area contributed by atoms with Gasteiger partial charge < -0.3 is 4.90 Å². The Labute approximate surface area is 283 Å². The molecule has 5 heteroatoms. The van der Waals surface area contributed by atoms with E-state index in [2.05, 4.69) is 134 Å². The van der Waals surface area contributed by atoms with Crippen molar-refractivity contribution in [1.82, 2.24) is 14.9 Å². The summed E-state index contributed by atoms with van der Waals surface area (Å²) in [6, 6.07) is 25.2.